The summed E-state index contributed by atoms with van der Waals surface area (Å²) in [7, 11) is 0. The maximum Gasteiger partial charge on any atom is 0.191 e. The number of hydrogen-bond donors (Lipinski definition) is 0. The van der Waals surface area contributed by atoms with Gasteiger partial charge in [0.25, 0.3) is 0 Å². The Morgan fingerprint density at radius 1 is 1.15 bits per heavy atom. The predicted octanol–water partition coefficient (Wildman–Crippen LogP) is 5.92. The molecule has 0 radical (unpaired) electrons. The number of benzene rings is 2. The fourth-order valence-corrected chi connectivity index (χ4v) is 4.06. The molecule has 0 spiro atoms. The van der Waals surface area contributed by atoms with Crippen molar-refractivity contribution in [2.75, 3.05) is 0 Å². The summed E-state index contributed by atoms with van der Waals surface area (Å²) < 4.78 is 21.7. The van der Waals surface area contributed by atoms with E-state index in [9.17, 15) is 4.39 Å². The Labute approximate surface area is 171 Å². The van der Waals surface area contributed by atoms with Gasteiger partial charge in [0.1, 0.15) is 18.2 Å². The van der Waals surface area contributed by atoms with E-state index in [4.69, 9.17) is 27.9 Å². The molecule has 0 bridgehead atoms. The summed E-state index contributed by atoms with van der Waals surface area (Å²) in [6.07, 6.45) is 0. The van der Waals surface area contributed by atoms with Crippen molar-refractivity contribution in [1.82, 2.24) is 14.8 Å². The Balaban J connectivity index is 1.72. The molecule has 1 heterocycles. The summed E-state index contributed by atoms with van der Waals surface area (Å²) in [5, 5.41) is 10.1. The minimum absolute atomic E-state index is 0.241. The average molecular weight is 426 g/mol. The molecule has 0 N–H and O–H groups in total. The van der Waals surface area contributed by atoms with Gasteiger partial charge in [-0.3, -0.25) is 0 Å². The normalized spacial score (nSPS) is 11.0. The number of halogens is 3. The Morgan fingerprint density at radius 3 is 2.70 bits per heavy atom. The monoisotopic (exact) mass is 425 g/mol. The number of thioether (sulfide) groups is 1. The highest BCUT2D eigenvalue weighted by molar-refractivity contribution is 7.98. The molecule has 0 aliphatic heterocycles. The zero-order valence-electron chi connectivity index (χ0n) is 14.9. The molecule has 3 aromatic rings. The van der Waals surface area contributed by atoms with E-state index in [1.807, 2.05) is 30.5 Å². The minimum atomic E-state index is -0.324. The molecule has 2 aromatic carbocycles. The molecule has 0 saturated carbocycles. The van der Waals surface area contributed by atoms with Gasteiger partial charge in [-0.15, -0.1) is 10.2 Å². The molecule has 0 saturated heterocycles. The van der Waals surface area contributed by atoms with Crippen LogP contribution in [0.2, 0.25) is 10.0 Å². The van der Waals surface area contributed by atoms with Crippen LogP contribution >= 0.6 is 35.0 Å². The van der Waals surface area contributed by atoms with E-state index in [0.29, 0.717) is 44.6 Å². The Bertz CT molecular complexity index is 928. The fraction of sp³-hybridized carbons (Fsp3) is 0.263. The van der Waals surface area contributed by atoms with Crippen molar-refractivity contribution in [2.45, 2.75) is 37.9 Å². The first-order valence-corrected chi connectivity index (χ1v) is 10.1. The van der Waals surface area contributed by atoms with Crippen LogP contribution in [-0.4, -0.2) is 14.8 Å². The molecular formula is C19H18Cl2FN3OS. The zero-order chi connectivity index (χ0) is 19.4. The van der Waals surface area contributed by atoms with Crippen LogP contribution in [0.1, 0.15) is 23.9 Å². The van der Waals surface area contributed by atoms with Crippen LogP contribution in [0.4, 0.5) is 4.39 Å². The molecule has 0 amide bonds. The number of aryl methyl sites for hydroxylation is 1. The molecule has 0 fully saturated rings. The average Bonchev–Trinajstić information content (AvgIpc) is 3.04. The Kier molecular flexibility index (Phi) is 6.63. The third-order valence-electron chi connectivity index (χ3n) is 3.96. The second-order valence-corrected chi connectivity index (χ2v) is 7.61. The topological polar surface area (TPSA) is 39.9 Å². The van der Waals surface area contributed by atoms with Gasteiger partial charge in [0, 0.05) is 22.9 Å². The van der Waals surface area contributed by atoms with Gasteiger partial charge in [-0.25, -0.2) is 4.39 Å². The third-order valence-corrected chi connectivity index (χ3v) is 5.62. The minimum Gasteiger partial charge on any atom is -0.484 e. The van der Waals surface area contributed by atoms with Crippen molar-refractivity contribution in [1.29, 1.82) is 0 Å². The molecule has 4 nitrogen and oxygen atoms in total. The highest BCUT2D eigenvalue weighted by atomic mass is 35.5. The summed E-state index contributed by atoms with van der Waals surface area (Å²) in [4.78, 5) is 0. The Hall–Kier alpha value is -1.76. The summed E-state index contributed by atoms with van der Waals surface area (Å²) in [5.74, 6) is 1.33. The molecule has 0 aliphatic rings. The molecule has 0 unspecified atom stereocenters. The summed E-state index contributed by atoms with van der Waals surface area (Å²) in [6, 6.07) is 10.3. The van der Waals surface area contributed by atoms with E-state index in [1.54, 1.807) is 18.2 Å². The maximum atomic E-state index is 13.9. The first kappa shape index (κ1) is 20.0. The first-order chi connectivity index (χ1) is 13.0. The van der Waals surface area contributed by atoms with Crippen LogP contribution in [0.15, 0.2) is 41.6 Å². The van der Waals surface area contributed by atoms with E-state index in [1.165, 1.54) is 17.8 Å². The number of ether oxygens (including phenoxy) is 1. The van der Waals surface area contributed by atoms with Gasteiger partial charge >= 0.3 is 0 Å². The van der Waals surface area contributed by atoms with Crippen molar-refractivity contribution in [3.63, 3.8) is 0 Å². The van der Waals surface area contributed by atoms with E-state index in [2.05, 4.69) is 10.2 Å². The number of hydrogen-bond acceptors (Lipinski definition) is 4. The second-order valence-electron chi connectivity index (χ2n) is 5.85. The predicted molar refractivity (Wildman–Crippen MR) is 107 cm³/mol. The second kappa shape index (κ2) is 8.95. The first-order valence-electron chi connectivity index (χ1n) is 8.36. The van der Waals surface area contributed by atoms with Crippen LogP contribution in [0.25, 0.3) is 0 Å². The Morgan fingerprint density at radius 2 is 1.96 bits per heavy atom. The SMILES string of the molecule is CCn1c(COc2cc(C)ccc2Cl)nnc1SCc1c(F)cccc1Cl. The van der Waals surface area contributed by atoms with Gasteiger partial charge in [0.05, 0.1) is 5.02 Å². The lowest BCUT2D eigenvalue weighted by Crippen LogP contribution is -2.07. The van der Waals surface area contributed by atoms with E-state index < -0.39 is 0 Å². The van der Waals surface area contributed by atoms with Crippen molar-refractivity contribution in [3.05, 3.63) is 69.2 Å². The molecular weight excluding hydrogens is 408 g/mol. The summed E-state index contributed by atoms with van der Waals surface area (Å²) in [6.45, 7) is 4.87. The third kappa shape index (κ3) is 4.75. The van der Waals surface area contributed by atoms with Gasteiger partial charge in [0.2, 0.25) is 0 Å². The highest BCUT2D eigenvalue weighted by Gasteiger charge is 2.15. The van der Waals surface area contributed by atoms with E-state index in [-0.39, 0.29) is 12.4 Å². The van der Waals surface area contributed by atoms with Crippen LogP contribution in [0, 0.1) is 12.7 Å². The number of rotatable bonds is 7. The molecule has 0 atom stereocenters. The van der Waals surface area contributed by atoms with Gasteiger partial charge in [0.15, 0.2) is 11.0 Å². The molecule has 8 heteroatoms. The largest absolute Gasteiger partial charge is 0.484 e. The van der Waals surface area contributed by atoms with Gasteiger partial charge < -0.3 is 9.30 Å². The smallest absolute Gasteiger partial charge is 0.191 e. The molecule has 142 valence electrons. The lowest BCUT2D eigenvalue weighted by atomic mass is 10.2. The van der Waals surface area contributed by atoms with Crippen molar-refractivity contribution < 1.29 is 9.13 Å². The standard InChI is InChI=1S/C19H18Cl2FN3OS/c1-3-25-18(10-26-17-9-12(2)7-8-15(17)21)23-24-19(25)27-11-13-14(20)5-4-6-16(13)22/h4-9H,3,10-11H2,1-2H3. The van der Waals surface area contributed by atoms with Crippen molar-refractivity contribution >= 4 is 35.0 Å². The van der Waals surface area contributed by atoms with Crippen LogP contribution in [0.5, 0.6) is 5.75 Å². The van der Waals surface area contributed by atoms with E-state index >= 15 is 0 Å². The summed E-state index contributed by atoms with van der Waals surface area (Å²) in [5.41, 5.74) is 1.52. The van der Waals surface area contributed by atoms with Gasteiger partial charge in [-0.2, -0.15) is 0 Å². The highest BCUT2D eigenvalue weighted by Crippen LogP contribution is 2.29. The van der Waals surface area contributed by atoms with Crippen molar-refractivity contribution in [3.8, 4) is 5.75 Å². The lowest BCUT2D eigenvalue weighted by molar-refractivity contribution is 0.288. The van der Waals surface area contributed by atoms with Crippen LogP contribution in [0.3, 0.4) is 0 Å². The zero-order valence-corrected chi connectivity index (χ0v) is 17.2. The van der Waals surface area contributed by atoms with Gasteiger partial charge in [-0.05, 0) is 43.7 Å². The molecule has 1 aromatic heterocycles. The van der Waals surface area contributed by atoms with E-state index in [0.717, 1.165) is 5.56 Å². The number of nitrogens with zero attached hydrogens (tertiary/aromatic N) is 3. The number of aromatic nitrogens is 3. The van der Waals surface area contributed by atoms with Crippen molar-refractivity contribution in [2.24, 2.45) is 0 Å². The molecule has 27 heavy (non-hydrogen) atoms. The fourth-order valence-electron chi connectivity index (χ4n) is 2.52. The quantitative estimate of drug-likeness (QED) is 0.440. The van der Waals surface area contributed by atoms with Gasteiger partial charge in [-0.1, -0.05) is 47.1 Å². The molecule has 0 aliphatic carbocycles. The van der Waals surface area contributed by atoms with Crippen LogP contribution < -0.4 is 4.74 Å². The summed E-state index contributed by atoms with van der Waals surface area (Å²) >= 11 is 13.6. The molecule has 3 rings (SSSR count). The van der Waals surface area contributed by atoms with Crippen LogP contribution in [-0.2, 0) is 18.9 Å². The lowest BCUT2D eigenvalue weighted by Gasteiger charge is -2.11. The maximum absolute atomic E-state index is 13.9.